The van der Waals surface area contributed by atoms with E-state index in [4.69, 9.17) is 0 Å². The highest BCUT2D eigenvalue weighted by Crippen LogP contribution is 2.36. The summed E-state index contributed by atoms with van der Waals surface area (Å²) in [4.78, 5) is 17.9. The van der Waals surface area contributed by atoms with Crippen LogP contribution < -0.4 is 5.32 Å². The zero-order chi connectivity index (χ0) is 22.5. The minimum Gasteiger partial charge on any atom is -0.320 e. The van der Waals surface area contributed by atoms with E-state index in [9.17, 15) is 18.0 Å². The Morgan fingerprint density at radius 2 is 1.84 bits per heavy atom. The molecule has 0 aliphatic carbocycles. The smallest absolute Gasteiger partial charge is 0.320 e. The number of nitrogens with zero attached hydrogens (tertiary/aromatic N) is 3. The summed E-state index contributed by atoms with van der Waals surface area (Å²) in [6.07, 6.45) is -4.69. The Hall–Kier alpha value is -3.24. The first-order valence-electron chi connectivity index (χ1n) is 9.32. The molecule has 0 atom stereocenters. The summed E-state index contributed by atoms with van der Waals surface area (Å²) in [6, 6.07) is 17.2. The first-order chi connectivity index (χ1) is 15.3. The lowest BCUT2D eigenvalue weighted by Gasteiger charge is -2.10. The number of hydrogen-bond acceptors (Lipinski definition) is 4. The van der Waals surface area contributed by atoms with Crippen molar-refractivity contribution in [1.82, 2.24) is 14.6 Å². The molecule has 10 heteroatoms. The SMILES string of the molecule is O=C(Nc1cccc2ccccc12)c1nn2c(C(F)(F)F)cc(-c3cccs3)nc2c1Br. The molecule has 1 N–H and O–H groups in total. The summed E-state index contributed by atoms with van der Waals surface area (Å²) >= 11 is 4.51. The average molecular weight is 517 g/mol. The lowest BCUT2D eigenvalue weighted by atomic mass is 10.1. The number of anilines is 1. The predicted octanol–water partition coefficient (Wildman–Crippen LogP) is 6.64. The Bertz CT molecular complexity index is 1470. The Morgan fingerprint density at radius 1 is 1.06 bits per heavy atom. The van der Waals surface area contributed by atoms with Gasteiger partial charge in [0.2, 0.25) is 0 Å². The molecule has 5 nitrogen and oxygen atoms in total. The Labute approximate surface area is 191 Å². The molecule has 1 amide bonds. The maximum Gasteiger partial charge on any atom is 0.433 e. The van der Waals surface area contributed by atoms with E-state index >= 15 is 0 Å². The molecule has 0 fully saturated rings. The van der Waals surface area contributed by atoms with E-state index in [-0.39, 0.29) is 21.5 Å². The first-order valence-corrected chi connectivity index (χ1v) is 11.0. The van der Waals surface area contributed by atoms with Crippen molar-refractivity contribution in [2.75, 3.05) is 5.32 Å². The highest BCUT2D eigenvalue weighted by Gasteiger charge is 2.36. The van der Waals surface area contributed by atoms with Crippen molar-refractivity contribution in [3.8, 4) is 10.6 Å². The molecule has 5 aromatic rings. The molecule has 0 unspecified atom stereocenters. The number of halogens is 4. The third kappa shape index (κ3) is 3.55. The summed E-state index contributed by atoms with van der Waals surface area (Å²) in [6.45, 7) is 0. The summed E-state index contributed by atoms with van der Waals surface area (Å²) in [5.74, 6) is -0.649. The number of aromatic nitrogens is 3. The van der Waals surface area contributed by atoms with Gasteiger partial charge in [-0.25, -0.2) is 9.50 Å². The van der Waals surface area contributed by atoms with Gasteiger partial charge in [0.15, 0.2) is 17.0 Å². The van der Waals surface area contributed by atoms with Crippen molar-refractivity contribution in [2.45, 2.75) is 6.18 Å². The number of benzene rings is 2. The molecule has 0 saturated carbocycles. The maximum atomic E-state index is 13.8. The summed E-state index contributed by atoms with van der Waals surface area (Å²) < 4.78 is 42.1. The monoisotopic (exact) mass is 516 g/mol. The van der Waals surface area contributed by atoms with Gasteiger partial charge in [0.05, 0.1) is 15.0 Å². The minimum absolute atomic E-state index is 0.0825. The molecule has 0 bridgehead atoms. The van der Waals surface area contributed by atoms with Gasteiger partial charge < -0.3 is 5.32 Å². The molecule has 5 rings (SSSR count). The van der Waals surface area contributed by atoms with Crippen LogP contribution in [-0.2, 0) is 6.18 Å². The number of fused-ring (bicyclic) bond motifs is 2. The molecule has 2 aromatic carbocycles. The third-order valence-electron chi connectivity index (χ3n) is 4.85. The summed E-state index contributed by atoms with van der Waals surface area (Å²) in [5.41, 5.74) is -0.622. The largest absolute Gasteiger partial charge is 0.433 e. The van der Waals surface area contributed by atoms with Crippen LogP contribution >= 0.6 is 27.3 Å². The highest BCUT2D eigenvalue weighted by atomic mass is 79.9. The molecular formula is C22H12BrF3N4OS. The molecule has 0 aliphatic heterocycles. The predicted molar refractivity (Wildman–Crippen MR) is 121 cm³/mol. The van der Waals surface area contributed by atoms with Crippen LogP contribution in [0.3, 0.4) is 0 Å². The van der Waals surface area contributed by atoms with Crippen LogP contribution in [0.25, 0.3) is 27.0 Å². The number of thiophene rings is 1. The van der Waals surface area contributed by atoms with Crippen LogP contribution in [0.4, 0.5) is 18.9 Å². The normalized spacial score (nSPS) is 11.9. The van der Waals surface area contributed by atoms with Gasteiger partial charge in [-0.3, -0.25) is 4.79 Å². The standard InChI is InChI=1S/C22H12BrF3N4OS/c23-18-19(21(31)28-14-8-3-6-12-5-1-2-7-13(12)14)29-30-17(22(24,25)26)11-15(27-20(18)30)16-9-4-10-32-16/h1-11H,(H,28,31). The fourth-order valence-corrected chi connectivity index (χ4v) is 4.61. The van der Waals surface area contributed by atoms with E-state index in [2.05, 4.69) is 31.3 Å². The Morgan fingerprint density at radius 3 is 2.59 bits per heavy atom. The molecule has 0 spiro atoms. The minimum atomic E-state index is -4.69. The van der Waals surface area contributed by atoms with Crippen molar-refractivity contribution in [3.63, 3.8) is 0 Å². The summed E-state index contributed by atoms with van der Waals surface area (Å²) in [7, 11) is 0. The number of rotatable bonds is 3. The summed E-state index contributed by atoms with van der Waals surface area (Å²) in [5, 5.41) is 10.2. The second kappa shape index (κ2) is 7.72. The van der Waals surface area contributed by atoms with Gasteiger partial charge in [-0.15, -0.1) is 11.3 Å². The number of hydrogen-bond donors (Lipinski definition) is 1. The molecule has 3 heterocycles. The van der Waals surface area contributed by atoms with E-state index in [1.165, 1.54) is 11.3 Å². The van der Waals surface area contributed by atoms with E-state index in [0.29, 0.717) is 15.1 Å². The molecule has 0 radical (unpaired) electrons. The van der Waals surface area contributed by atoms with Crippen LogP contribution in [0, 0.1) is 0 Å². The highest BCUT2D eigenvalue weighted by molar-refractivity contribution is 9.10. The maximum absolute atomic E-state index is 13.8. The molecule has 0 aliphatic rings. The number of alkyl halides is 3. The second-order valence-corrected chi connectivity index (χ2v) is 8.62. The van der Waals surface area contributed by atoms with Gasteiger partial charge in [0, 0.05) is 11.1 Å². The fraction of sp³-hybridized carbons (Fsp3) is 0.0455. The van der Waals surface area contributed by atoms with E-state index in [1.807, 2.05) is 30.3 Å². The third-order valence-corrected chi connectivity index (χ3v) is 6.47. The van der Waals surface area contributed by atoms with Crippen LogP contribution in [0.2, 0.25) is 0 Å². The van der Waals surface area contributed by atoms with Gasteiger partial charge in [0.25, 0.3) is 5.91 Å². The Kier molecular flexibility index (Phi) is 4.98. The van der Waals surface area contributed by atoms with Gasteiger partial charge in [-0.1, -0.05) is 42.5 Å². The van der Waals surface area contributed by atoms with Gasteiger partial charge in [-0.05, 0) is 44.9 Å². The van der Waals surface area contributed by atoms with Gasteiger partial charge in [0.1, 0.15) is 0 Å². The van der Waals surface area contributed by atoms with Crippen molar-refractivity contribution in [3.05, 3.63) is 81.9 Å². The molecular weight excluding hydrogens is 505 g/mol. The second-order valence-electron chi connectivity index (χ2n) is 6.88. The van der Waals surface area contributed by atoms with Crippen molar-refractivity contribution in [2.24, 2.45) is 0 Å². The van der Waals surface area contributed by atoms with Gasteiger partial charge >= 0.3 is 6.18 Å². The van der Waals surface area contributed by atoms with Crippen molar-refractivity contribution < 1.29 is 18.0 Å². The number of carbonyl (C=O) groups excluding carboxylic acids is 1. The number of carbonyl (C=O) groups is 1. The average Bonchev–Trinajstić information content (AvgIpc) is 3.41. The van der Waals surface area contributed by atoms with E-state index in [0.717, 1.165) is 16.8 Å². The quantitative estimate of drug-likeness (QED) is 0.292. The molecule has 160 valence electrons. The van der Waals surface area contributed by atoms with Crippen molar-refractivity contribution >= 4 is 55.3 Å². The van der Waals surface area contributed by atoms with Crippen LogP contribution in [-0.4, -0.2) is 20.5 Å². The van der Waals surface area contributed by atoms with Gasteiger partial charge in [-0.2, -0.15) is 18.3 Å². The van der Waals surface area contributed by atoms with Crippen molar-refractivity contribution in [1.29, 1.82) is 0 Å². The zero-order valence-corrected chi connectivity index (χ0v) is 18.4. The van der Waals surface area contributed by atoms with E-state index in [1.54, 1.807) is 29.6 Å². The number of nitrogens with one attached hydrogen (secondary N) is 1. The zero-order valence-electron chi connectivity index (χ0n) is 16.0. The molecule has 3 aromatic heterocycles. The lowest BCUT2D eigenvalue weighted by molar-refractivity contribution is -0.142. The molecule has 32 heavy (non-hydrogen) atoms. The van der Waals surface area contributed by atoms with E-state index < -0.39 is 17.8 Å². The first kappa shape index (κ1) is 20.7. The Balaban J connectivity index is 1.63. The number of amides is 1. The van der Waals surface area contributed by atoms with Crippen LogP contribution in [0.5, 0.6) is 0 Å². The van der Waals surface area contributed by atoms with Crippen LogP contribution in [0.15, 0.2) is 70.5 Å². The lowest BCUT2D eigenvalue weighted by Crippen LogP contribution is -2.16. The van der Waals surface area contributed by atoms with Crippen LogP contribution in [0.1, 0.15) is 16.2 Å². The fourth-order valence-electron chi connectivity index (χ4n) is 3.41. The topological polar surface area (TPSA) is 59.3 Å². The molecule has 0 saturated heterocycles.